The molecule has 1 unspecified atom stereocenters. The van der Waals surface area contributed by atoms with Gasteiger partial charge in [0, 0.05) is 32.7 Å². The van der Waals surface area contributed by atoms with Crippen molar-refractivity contribution in [3.8, 4) is 0 Å². The minimum absolute atomic E-state index is 0.0280. The summed E-state index contributed by atoms with van der Waals surface area (Å²) in [7, 11) is 0. The van der Waals surface area contributed by atoms with Crippen LogP contribution in [0.25, 0.3) is 0 Å². The van der Waals surface area contributed by atoms with E-state index < -0.39 is 5.97 Å². The van der Waals surface area contributed by atoms with Gasteiger partial charge in [-0.05, 0) is 25.7 Å². The molecule has 0 aliphatic carbocycles. The second-order valence-corrected chi connectivity index (χ2v) is 6.27. The highest BCUT2D eigenvalue weighted by Gasteiger charge is 2.27. The summed E-state index contributed by atoms with van der Waals surface area (Å²) in [5, 5.41) is 8.96. The molecule has 1 aliphatic rings. The number of unbranched alkanes of at least 4 members (excludes halogenated alkanes) is 2. The monoisotopic (exact) mass is 342 g/mol. The Bertz CT molecular complexity index is 427. The summed E-state index contributed by atoms with van der Waals surface area (Å²) in [5.74, 6) is -1.27. The highest BCUT2D eigenvalue weighted by Crippen LogP contribution is 2.17. The normalized spacial score (nSPS) is 18.1. The number of amides is 2. The van der Waals surface area contributed by atoms with E-state index in [1.54, 1.807) is 4.90 Å². The summed E-state index contributed by atoms with van der Waals surface area (Å²) in [6.45, 7) is 5.09. The third kappa shape index (κ3) is 7.29. The number of carbonyl (C=O) groups excluding carboxylic acids is 2. The SMILES string of the molecule is CCCCCOCC(=O)N1CCCC(N(CC(=O)O)C(C)=O)CC1. The van der Waals surface area contributed by atoms with Gasteiger partial charge in [0.2, 0.25) is 11.8 Å². The van der Waals surface area contributed by atoms with Crippen molar-refractivity contribution in [2.75, 3.05) is 32.8 Å². The van der Waals surface area contributed by atoms with Crippen molar-refractivity contribution in [3.63, 3.8) is 0 Å². The third-order valence-corrected chi connectivity index (χ3v) is 4.32. The Morgan fingerprint density at radius 3 is 2.58 bits per heavy atom. The van der Waals surface area contributed by atoms with Crippen molar-refractivity contribution in [1.29, 1.82) is 0 Å². The summed E-state index contributed by atoms with van der Waals surface area (Å²) in [4.78, 5) is 38.0. The van der Waals surface area contributed by atoms with Crippen molar-refractivity contribution < 1.29 is 24.2 Å². The fourth-order valence-electron chi connectivity index (χ4n) is 2.99. The average molecular weight is 342 g/mol. The van der Waals surface area contributed by atoms with Gasteiger partial charge < -0.3 is 19.6 Å². The van der Waals surface area contributed by atoms with E-state index in [0.717, 1.165) is 25.7 Å². The van der Waals surface area contributed by atoms with Crippen LogP contribution in [0.4, 0.5) is 0 Å². The van der Waals surface area contributed by atoms with Crippen LogP contribution < -0.4 is 0 Å². The fraction of sp³-hybridized carbons (Fsp3) is 0.824. The second-order valence-electron chi connectivity index (χ2n) is 6.27. The van der Waals surface area contributed by atoms with Gasteiger partial charge in [0.25, 0.3) is 0 Å². The first-order valence-corrected chi connectivity index (χ1v) is 8.80. The first-order valence-electron chi connectivity index (χ1n) is 8.80. The number of carbonyl (C=O) groups is 3. The lowest BCUT2D eigenvalue weighted by molar-refractivity contribution is -0.145. The topological polar surface area (TPSA) is 87.2 Å². The fourth-order valence-corrected chi connectivity index (χ4v) is 2.99. The van der Waals surface area contributed by atoms with Gasteiger partial charge in [-0.1, -0.05) is 19.8 Å². The van der Waals surface area contributed by atoms with Crippen LogP contribution in [0.5, 0.6) is 0 Å². The molecule has 7 heteroatoms. The van der Waals surface area contributed by atoms with Gasteiger partial charge in [0.15, 0.2) is 0 Å². The summed E-state index contributed by atoms with van der Waals surface area (Å²) >= 11 is 0. The predicted octanol–water partition coefficient (Wildman–Crippen LogP) is 1.51. The summed E-state index contributed by atoms with van der Waals surface area (Å²) in [6, 6.07) is -0.123. The highest BCUT2D eigenvalue weighted by molar-refractivity contribution is 5.80. The third-order valence-electron chi connectivity index (χ3n) is 4.32. The maximum absolute atomic E-state index is 12.2. The van der Waals surface area contributed by atoms with Crippen molar-refractivity contribution in [3.05, 3.63) is 0 Å². The standard InChI is InChI=1S/C17H30N2O5/c1-3-4-5-11-24-13-16(21)18-9-6-7-15(8-10-18)19(14(2)20)12-17(22)23/h15H,3-13H2,1-2H3,(H,22,23). The molecule has 1 atom stereocenters. The van der Waals surface area contributed by atoms with Gasteiger partial charge in [-0.25, -0.2) is 0 Å². The van der Waals surface area contributed by atoms with Crippen LogP contribution in [-0.4, -0.2) is 71.6 Å². The maximum atomic E-state index is 12.2. The lowest BCUT2D eigenvalue weighted by Gasteiger charge is -2.28. The Hall–Kier alpha value is -1.63. The molecule has 1 aliphatic heterocycles. The van der Waals surface area contributed by atoms with Crippen molar-refractivity contribution in [2.24, 2.45) is 0 Å². The lowest BCUT2D eigenvalue weighted by atomic mass is 10.1. The van der Waals surface area contributed by atoms with Crippen LogP contribution in [0, 0.1) is 0 Å². The lowest BCUT2D eigenvalue weighted by Crippen LogP contribution is -2.43. The van der Waals surface area contributed by atoms with Gasteiger partial charge in [0.05, 0.1) is 0 Å². The van der Waals surface area contributed by atoms with E-state index in [4.69, 9.17) is 9.84 Å². The molecule has 0 aromatic carbocycles. The van der Waals surface area contributed by atoms with E-state index in [2.05, 4.69) is 6.92 Å². The minimum atomic E-state index is -1.01. The second kappa shape index (κ2) is 11.0. The summed E-state index contributed by atoms with van der Waals surface area (Å²) in [5.41, 5.74) is 0. The van der Waals surface area contributed by atoms with E-state index in [1.807, 2.05) is 0 Å². The van der Waals surface area contributed by atoms with Crippen LogP contribution in [0.3, 0.4) is 0 Å². The Balaban J connectivity index is 2.44. The van der Waals surface area contributed by atoms with Crippen LogP contribution >= 0.6 is 0 Å². The van der Waals surface area contributed by atoms with Gasteiger partial charge in [0.1, 0.15) is 13.2 Å². The number of nitrogens with zero attached hydrogens (tertiary/aromatic N) is 2. The molecule has 138 valence electrons. The van der Waals surface area contributed by atoms with E-state index >= 15 is 0 Å². The molecule has 0 aromatic rings. The molecule has 0 radical (unpaired) electrons. The summed E-state index contributed by atoms with van der Waals surface area (Å²) < 4.78 is 5.42. The largest absolute Gasteiger partial charge is 0.480 e. The summed E-state index contributed by atoms with van der Waals surface area (Å²) in [6.07, 6.45) is 5.27. The Kier molecular flexibility index (Phi) is 9.37. The first kappa shape index (κ1) is 20.4. The van der Waals surface area contributed by atoms with E-state index in [0.29, 0.717) is 32.5 Å². The van der Waals surface area contributed by atoms with Crippen LogP contribution in [0.2, 0.25) is 0 Å². The van der Waals surface area contributed by atoms with Crippen LogP contribution in [0.1, 0.15) is 52.4 Å². The number of aliphatic carboxylic acids is 1. The molecule has 0 bridgehead atoms. The molecule has 0 saturated carbocycles. The maximum Gasteiger partial charge on any atom is 0.323 e. The van der Waals surface area contributed by atoms with Gasteiger partial charge >= 0.3 is 5.97 Å². The number of likely N-dealkylation sites (tertiary alicyclic amines) is 1. The average Bonchev–Trinajstić information content (AvgIpc) is 2.77. The van der Waals surface area contributed by atoms with E-state index in [1.165, 1.54) is 11.8 Å². The zero-order valence-corrected chi connectivity index (χ0v) is 14.8. The van der Waals surface area contributed by atoms with Crippen LogP contribution in [-0.2, 0) is 19.1 Å². The number of carboxylic acid groups (broad SMARTS) is 1. The number of ether oxygens (including phenoxy) is 1. The molecule has 1 fully saturated rings. The highest BCUT2D eigenvalue weighted by atomic mass is 16.5. The quantitative estimate of drug-likeness (QED) is 0.642. The molecule has 1 N–H and O–H groups in total. The molecule has 0 spiro atoms. The molecule has 0 aromatic heterocycles. The molecule has 1 saturated heterocycles. The van der Waals surface area contributed by atoms with Gasteiger partial charge in [-0.15, -0.1) is 0 Å². The molecular weight excluding hydrogens is 312 g/mol. The number of carboxylic acids is 1. The van der Waals surface area contributed by atoms with Gasteiger partial charge in [-0.2, -0.15) is 0 Å². The number of hydrogen-bond donors (Lipinski definition) is 1. The van der Waals surface area contributed by atoms with Crippen molar-refractivity contribution in [2.45, 2.75) is 58.4 Å². The Labute approximate surface area is 143 Å². The van der Waals surface area contributed by atoms with E-state index in [9.17, 15) is 14.4 Å². The van der Waals surface area contributed by atoms with Crippen molar-refractivity contribution in [1.82, 2.24) is 9.80 Å². The molecule has 1 rings (SSSR count). The predicted molar refractivity (Wildman–Crippen MR) is 89.6 cm³/mol. The molecule has 7 nitrogen and oxygen atoms in total. The van der Waals surface area contributed by atoms with Gasteiger partial charge in [-0.3, -0.25) is 14.4 Å². The Morgan fingerprint density at radius 2 is 1.96 bits per heavy atom. The minimum Gasteiger partial charge on any atom is -0.480 e. The molecule has 2 amide bonds. The van der Waals surface area contributed by atoms with Crippen molar-refractivity contribution >= 4 is 17.8 Å². The smallest absolute Gasteiger partial charge is 0.323 e. The number of hydrogen-bond acceptors (Lipinski definition) is 4. The first-order chi connectivity index (χ1) is 11.5. The van der Waals surface area contributed by atoms with Crippen LogP contribution in [0.15, 0.2) is 0 Å². The molecule has 24 heavy (non-hydrogen) atoms. The zero-order valence-electron chi connectivity index (χ0n) is 14.8. The molecule has 1 heterocycles. The Morgan fingerprint density at radius 1 is 1.21 bits per heavy atom. The number of rotatable bonds is 9. The molecular formula is C17H30N2O5. The zero-order chi connectivity index (χ0) is 17.9. The van der Waals surface area contributed by atoms with E-state index in [-0.39, 0.29) is 31.0 Å².